The van der Waals surface area contributed by atoms with Crippen molar-refractivity contribution >= 4 is 5.91 Å². The van der Waals surface area contributed by atoms with E-state index < -0.39 is 0 Å². The maximum absolute atomic E-state index is 12.9. The van der Waals surface area contributed by atoms with Gasteiger partial charge in [-0.1, -0.05) is 24.3 Å². The molecule has 2 aromatic carbocycles. The maximum Gasteiger partial charge on any atom is 0.251 e. The molecule has 0 aromatic heterocycles. The van der Waals surface area contributed by atoms with Crippen LogP contribution in [-0.4, -0.2) is 12.5 Å². The summed E-state index contributed by atoms with van der Waals surface area (Å²) in [6, 6.07) is 12.1. The average molecular weight is 241 g/mol. The summed E-state index contributed by atoms with van der Waals surface area (Å²) in [6.45, 7) is 0.679. The topological polar surface area (TPSA) is 29.1 Å². The molecule has 3 rings (SSSR count). The van der Waals surface area contributed by atoms with Crippen molar-refractivity contribution < 1.29 is 9.18 Å². The largest absolute Gasteiger partial charge is 0.352 e. The molecule has 2 nitrogen and oxygen atoms in total. The van der Waals surface area contributed by atoms with Crippen molar-refractivity contribution in [3.05, 3.63) is 59.4 Å². The van der Waals surface area contributed by atoms with Crippen LogP contribution in [0.3, 0.4) is 0 Å². The standard InChI is InChI=1S/C15H12FNO/c16-13-4-1-10(2-5-13)11-3-6-14-12(9-11)7-8-17-15(14)18/h1-6,9H,7-8H2,(H,17,18). The van der Waals surface area contributed by atoms with Crippen LogP contribution in [0.4, 0.5) is 4.39 Å². The maximum atomic E-state index is 12.9. The summed E-state index contributed by atoms with van der Waals surface area (Å²) in [5.41, 5.74) is 3.78. The highest BCUT2D eigenvalue weighted by Crippen LogP contribution is 2.24. The highest BCUT2D eigenvalue weighted by Gasteiger charge is 2.16. The van der Waals surface area contributed by atoms with E-state index >= 15 is 0 Å². The molecule has 0 unspecified atom stereocenters. The predicted molar refractivity (Wildman–Crippen MR) is 67.9 cm³/mol. The first-order valence-electron chi connectivity index (χ1n) is 5.91. The summed E-state index contributed by atoms with van der Waals surface area (Å²) >= 11 is 0. The van der Waals surface area contributed by atoms with E-state index in [-0.39, 0.29) is 11.7 Å². The van der Waals surface area contributed by atoms with E-state index in [1.165, 1.54) is 12.1 Å². The monoisotopic (exact) mass is 241 g/mol. The quantitative estimate of drug-likeness (QED) is 0.817. The lowest BCUT2D eigenvalue weighted by atomic mass is 9.95. The molecule has 3 heteroatoms. The molecule has 2 aromatic rings. The summed E-state index contributed by atoms with van der Waals surface area (Å²) < 4.78 is 12.9. The van der Waals surface area contributed by atoms with E-state index in [0.717, 1.165) is 28.7 Å². The first kappa shape index (κ1) is 11.0. The van der Waals surface area contributed by atoms with Crippen molar-refractivity contribution in [2.45, 2.75) is 6.42 Å². The summed E-state index contributed by atoms with van der Waals surface area (Å²) in [6.07, 6.45) is 0.843. The lowest BCUT2D eigenvalue weighted by Crippen LogP contribution is -2.31. The number of carbonyl (C=O) groups is 1. The molecule has 0 atom stereocenters. The third-order valence-corrected chi connectivity index (χ3v) is 3.21. The normalized spacial score (nSPS) is 13.9. The van der Waals surface area contributed by atoms with Crippen molar-refractivity contribution in [3.63, 3.8) is 0 Å². The zero-order chi connectivity index (χ0) is 12.5. The van der Waals surface area contributed by atoms with Gasteiger partial charge in [0.2, 0.25) is 0 Å². The molecule has 0 aliphatic carbocycles. The van der Waals surface area contributed by atoms with E-state index in [0.29, 0.717) is 6.54 Å². The molecule has 0 saturated carbocycles. The van der Waals surface area contributed by atoms with Gasteiger partial charge in [0.25, 0.3) is 5.91 Å². The Morgan fingerprint density at radius 1 is 1.00 bits per heavy atom. The minimum Gasteiger partial charge on any atom is -0.352 e. The van der Waals surface area contributed by atoms with Gasteiger partial charge in [-0.15, -0.1) is 0 Å². The fourth-order valence-corrected chi connectivity index (χ4v) is 2.25. The molecule has 1 amide bonds. The highest BCUT2D eigenvalue weighted by molar-refractivity contribution is 5.97. The first-order valence-corrected chi connectivity index (χ1v) is 5.91. The van der Waals surface area contributed by atoms with Crippen molar-refractivity contribution in [3.8, 4) is 11.1 Å². The lowest BCUT2D eigenvalue weighted by molar-refractivity contribution is 0.0946. The van der Waals surface area contributed by atoms with Crippen molar-refractivity contribution in [1.29, 1.82) is 0 Å². The molecule has 0 fully saturated rings. The van der Waals surface area contributed by atoms with E-state index in [1.54, 1.807) is 12.1 Å². The Morgan fingerprint density at radius 3 is 2.50 bits per heavy atom. The number of halogens is 1. The second kappa shape index (κ2) is 4.26. The van der Waals surface area contributed by atoms with Crippen molar-refractivity contribution in [2.24, 2.45) is 0 Å². The zero-order valence-corrected chi connectivity index (χ0v) is 9.74. The van der Waals surface area contributed by atoms with Crippen molar-refractivity contribution in [2.75, 3.05) is 6.54 Å². The smallest absolute Gasteiger partial charge is 0.251 e. The van der Waals surface area contributed by atoms with Gasteiger partial charge < -0.3 is 5.32 Å². The minimum absolute atomic E-state index is 0.0121. The number of benzene rings is 2. The van der Waals surface area contributed by atoms with Gasteiger partial charge in [0.15, 0.2) is 0 Å². The number of hydrogen-bond acceptors (Lipinski definition) is 1. The van der Waals surface area contributed by atoms with Gasteiger partial charge in [0.1, 0.15) is 5.82 Å². The second-order valence-electron chi connectivity index (χ2n) is 4.38. The Morgan fingerprint density at radius 2 is 1.72 bits per heavy atom. The fourth-order valence-electron chi connectivity index (χ4n) is 2.25. The summed E-state index contributed by atoms with van der Waals surface area (Å²) in [7, 11) is 0. The molecule has 1 aliphatic heterocycles. The zero-order valence-electron chi connectivity index (χ0n) is 9.74. The number of hydrogen-bond donors (Lipinski definition) is 1. The number of rotatable bonds is 1. The fraction of sp³-hybridized carbons (Fsp3) is 0.133. The van der Waals surface area contributed by atoms with Crippen LogP contribution < -0.4 is 5.32 Å². The minimum atomic E-state index is -0.240. The molecule has 1 N–H and O–H groups in total. The van der Waals surface area contributed by atoms with Gasteiger partial charge in [-0.2, -0.15) is 0 Å². The van der Waals surface area contributed by atoms with Crippen LogP contribution in [0.25, 0.3) is 11.1 Å². The first-order chi connectivity index (χ1) is 8.74. The Labute approximate surface area is 104 Å². The van der Waals surface area contributed by atoms with Crippen LogP contribution >= 0.6 is 0 Å². The van der Waals surface area contributed by atoms with E-state index in [1.807, 2.05) is 18.2 Å². The third kappa shape index (κ3) is 1.88. The van der Waals surface area contributed by atoms with Crippen LogP contribution in [0.5, 0.6) is 0 Å². The third-order valence-electron chi connectivity index (χ3n) is 3.21. The summed E-state index contributed by atoms with van der Waals surface area (Å²) in [5.74, 6) is -0.252. The van der Waals surface area contributed by atoms with Gasteiger partial charge in [-0.05, 0) is 41.3 Å². The van der Waals surface area contributed by atoms with Crippen molar-refractivity contribution in [1.82, 2.24) is 5.32 Å². The van der Waals surface area contributed by atoms with Crippen LogP contribution in [0, 0.1) is 5.82 Å². The predicted octanol–water partition coefficient (Wildman–Crippen LogP) is 2.78. The van der Waals surface area contributed by atoms with Crippen LogP contribution in [0.15, 0.2) is 42.5 Å². The molecule has 0 radical (unpaired) electrons. The molecule has 0 saturated heterocycles. The molecular formula is C15H12FNO. The van der Waals surface area contributed by atoms with Gasteiger partial charge in [-0.25, -0.2) is 4.39 Å². The van der Waals surface area contributed by atoms with Crippen LogP contribution in [-0.2, 0) is 6.42 Å². The van der Waals surface area contributed by atoms with Gasteiger partial charge in [0, 0.05) is 12.1 Å². The number of carbonyl (C=O) groups excluding carboxylic acids is 1. The Balaban J connectivity index is 2.04. The van der Waals surface area contributed by atoms with E-state index in [9.17, 15) is 9.18 Å². The highest BCUT2D eigenvalue weighted by atomic mass is 19.1. The number of amides is 1. The summed E-state index contributed by atoms with van der Waals surface area (Å²) in [5, 5.41) is 2.82. The Kier molecular flexibility index (Phi) is 2.59. The molecule has 90 valence electrons. The van der Waals surface area contributed by atoms with Crippen LogP contribution in [0.2, 0.25) is 0 Å². The van der Waals surface area contributed by atoms with Gasteiger partial charge >= 0.3 is 0 Å². The van der Waals surface area contributed by atoms with Gasteiger partial charge in [0.05, 0.1) is 0 Å². The Hall–Kier alpha value is -2.16. The van der Waals surface area contributed by atoms with Crippen LogP contribution in [0.1, 0.15) is 15.9 Å². The molecular weight excluding hydrogens is 229 g/mol. The average Bonchev–Trinajstić information content (AvgIpc) is 2.39. The number of nitrogens with one attached hydrogen (secondary N) is 1. The van der Waals surface area contributed by atoms with Gasteiger partial charge in [-0.3, -0.25) is 4.79 Å². The molecule has 1 heterocycles. The van der Waals surface area contributed by atoms with E-state index in [4.69, 9.17) is 0 Å². The van der Waals surface area contributed by atoms with E-state index in [2.05, 4.69) is 5.32 Å². The SMILES string of the molecule is O=C1NCCc2cc(-c3ccc(F)cc3)ccc21. The second-order valence-corrected chi connectivity index (χ2v) is 4.38. The number of fused-ring (bicyclic) bond motifs is 1. The molecule has 0 bridgehead atoms. The molecule has 18 heavy (non-hydrogen) atoms. The lowest BCUT2D eigenvalue weighted by Gasteiger charge is -2.17. The summed E-state index contributed by atoms with van der Waals surface area (Å²) in [4.78, 5) is 11.6. The molecule has 0 spiro atoms. The molecule has 1 aliphatic rings. The Bertz CT molecular complexity index is 604.